The Bertz CT molecular complexity index is 316. The van der Waals surface area contributed by atoms with Crippen molar-refractivity contribution < 1.29 is 93.1 Å². The van der Waals surface area contributed by atoms with Crippen molar-refractivity contribution in [1.82, 2.24) is 0 Å². The summed E-state index contributed by atoms with van der Waals surface area (Å²) < 4.78 is 56.3. The molecule has 0 aromatic rings. The zero-order valence-corrected chi connectivity index (χ0v) is 11.6. The Labute approximate surface area is 105 Å². The van der Waals surface area contributed by atoms with E-state index < -0.39 is 33.2 Å². The summed E-state index contributed by atoms with van der Waals surface area (Å²) in [6.45, 7) is 0.972. The number of aliphatic carboxylic acids is 1. The van der Waals surface area contributed by atoms with Gasteiger partial charge in [-0.15, -0.1) is 0 Å². The maximum absolute atomic E-state index is 9.53. The SMILES string of the molecule is CC(=O)[O-].[Na+].[O]=[Cr](=[O])([OH])[O][Cr](=[O])(=[O])[OH]. The second-order valence-corrected chi connectivity index (χ2v) is 5.18. The van der Waals surface area contributed by atoms with E-state index in [0.717, 1.165) is 6.92 Å². The van der Waals surface area contributed by atoms with Gasteiger partial charge in [-0.3, -0.25) is 0 Å². The summed E-state index contributed by atoms with van der Waals surface area (Å²) in [5, 5.41) is 8.89. The first-order valence-electron chi connectivity index (χ1n) is 2.27. The van der Waals surface area contributed by atoms with E-state index in [0.29, 0.717) is 0 Å². The van der Waals surface area contributed by atoms with Crippen LogP contribution in [0.5, 0.6) is 0 Å². The number of rotatable bonds is 2. The van der Waals surface area contributed by atoms with Crippen molar-refractivity contribution in [3.8, 4) is 0 Å². The van der Waals surface area contributed by atoms with Gasteiger partial charge in [-0.2, -0.15) is 0 Å². The zero-order valence-electron chi connectivity index (χ0n) is 7.07. The number of carboxylic acid groups (broad SMARTS) is 1. The Morgan fingerprint density at radius 3 is 1.29 bits per heavy atom. The molecule has 0 aliphatic rings. The Morgan fingerprint density at radius 1 is 1.14 bits per heavy atom. The van der Waals surface area contributed by atoms with Crippen LogP contribution in [0.3, 0.4) is 0 Å². The predicted octanol–water partition coefficient (Wildman–Crippen LogP) is -5.90. The molecule has 12 heteroatoms. The van der Waals surface area contributed by atoms with E-state index in [1.54, 1.807) is 0 Å². The average Bonchev–Trinajstić information content (AvgIpc) is 1.47. The van der Waals surface area contributed by atoms with Crippen molar-refractivity contribution >= 4 is 5.97 Å². The molecule has 0 aliphatic carbocycles. The molecule has 0 rings (SSSR count). The number of hydrogen-bond acceptors (Lipinski definition) is 7. The molecule has 9 nitrogen and oxygen atoms in total. The zero-order chi connectivity index (χ0) is 11.3. The number of hydrogen-bond donors (Lipinski definition) is 2. The third-order valence-electron chi connectivity index (χ3n) is 0.172. The van der Waals surface area contributed by atoms with Gasteiger partial charge in [-0.05, 0) is 6.92 Å². The Hall–Kier alpha value is 0.615. The molecule has 80 valence electrons. The van der Waals surface area contributed by atoms with Crippen molar-refractivity contribution in [2.75, 3.05) is 0 Å². The summed E-state index contributed by atoms with van der Waals surface area (Å²) in [7, 11) is 0. The van der Waals surface area contributed by atoms with Crippen LogP contribution >= 0.6 is 0 Å². The molecule has 0 heterocycles. The van der Waals surface area contributed by atoms with Gasteiger partial charge in [0.1, 0.15) is 0 Å². The fourth-order valence-electron chi connectivity index (χ4n) is 0.109. The molecule has 0 aromatic heterocycles. The summed E-state index contributed by atoms with van der Waals surface area (Å²) in [6, 6.07) is 0. The molecule has 0 saturated heterocycles. The average molecular weight is 300 g/mol. The summed E-state index contributed by atoms with van der Waals surface area (Å²) in [4.78, 5) is 8.89. The van der Waals surface area contributed by atoms with Gasteiger partial charge in [-0.1, -0.05) is 0 Å². The van der Waals surface area contributed by atoms with Crippen molar-refractivity contribution in [1.29, 1.82) is 0 Å². The van der Waals surface area contributed by atoms with E-state index in [1.807, 2.05) is 0 Å². The second-order valence-electron chi connectivity index (χ2n) is 1.42. The summed E-state index contributed by atoms with van der Waals surface area (Å²) >= 11 is -11.5. The van der Waals surface area contributed by atoms with Crippen LogP contribution in [-0.2, 0) is 50.1 Å². The monoisotopic (exact) mass is 300 g/mol. The standard InChI is InChI=1S/C2H4O2.2Cr.Na.2H2O.5O/c1-2(3)4;;;;;;;;;;/h1H3,(H,3,4);;;;2*1H2;;;;;/q;3*+1;;;;;;;/p-3. The molecular formula is C2H5Cr2NaO9. The quantitative estimate of drug-likeness (QED) is 0.473. The van der Waals surface area contributed by atoms with Gasteiger partial charge < -0.3 is 9.90 Å². The van der Waals surface area contributed by atoms with E-state index in [4.69, 9.17) is 18.2 Å². The first-order valence-corrected chi connectivity index (χ1v) is 6.54. The van der Waals surface area contributed by atoms with Gasteiger partial charge in [0.25, 0.3) is 0 Å². The topological polar surface area (TPSA) is 158 Å². The molecule has 0 amide bonds. The van der Waals surface area contributed by atoms with Gasteiger partial charge in [0.05, 0.1) is 0 Å². The summed E-state index contributed by atoms with van der Waals surface area (Å²) in [6.07, 6.45) is 0. The molecule has 0 spiro atoms. The second kappa shape index (κ2) is 7.85. The Balaban J connectivity index is -0.000000209. The van der Waals surface area contributed by atoms with E-state index >= 15 is 0 Å². The molecule has 0 unspecified atom stereocenters. The van der Waals surface area contributed by atoms with E-state index in [9.17, 15) is 15.2 Å². The number of carbonyl (C=O) groups excluding carboxylic acids is 1. The first-order chi connectivity index (χ1) is 5.44. The fourth-order valence-corrected chi connectivity index (χ4v) is 1.85. The molecule has 0 atom stereocenters. The van der Waals surface area contributed by atoms with Crippen LogP contribution in [0.1, 0.15) is 6.92 Å². The fraction of sp³-hybridized carbons (Fsp3) is 0.500. The minimum absolute atomic E-state index is 0. The molecule has 0 fully saturated rings. The van der Waals surface area contributed by atoms with Crippen LogP contribution in [-0.4, -0.2) is 14.3 Å². The Morgan fingerprint density at radius 2 is 1.29 bits per heavy atom. The van der Waals surface area contributed by atoms with Crippen LogP contribution in [0.4, 0.5) is 0 Å². The van der Waals surface area contributed by atoms with Gasteiger partial charge in [0.15, 0.2) is 0 Å². The number of carboxylic acids is 1. The van der Waals surface area contributed by atoms with Crippen molar-refractivity contribution in [2.24, 2.45) is 0 Å². The van der Waals surface area contributed by atoms with Gasteiger partial charge in [0, 0.05) is 5.97 Å². The van der Waals surface area contributed by atoms with Crippen LogP contribution in [0.25, 0.3) is 0 Å². The summed E-state index contributed by atoms with van der Waals surface area (Å²) in [5.74, 6) is -1.08. The van der Waals surface area contributed by atoms with E-state index in [2.05, 4.69) is 2.84 Å². The first kappa shape index (κ1) is 20.1. The molecule has 0 radical (unpaired) electrons. The molecular weight excluding hydrogens is 295 g/mol. The van der Waals surface area contributed by atoms with Crippen LogP contribution in [0.15, 0.2) is 0 Å². The van der Waals surface area contributed by atoms with Crippen molar-refractivity contribution in [2.45, 2.75) is 6.92 Å². The minimum atomic E-state index is -5.76. The summed E-state index contributed by atoms with van der Waals surface area (Å²) in [5.41, 5.74) is 0. The third-order valence-corrected chi connectivity index (χ3v) is 2.92. The van der Waals surface area contributed by atoms with Crippen molar-refractivity contribution in [3.63, 3.8) is 0 Å². The normalized spacial score (nSPS) is 10.5. The van der Waals surface area contributed by atoms with Crippen LogP contribution in [0.2, 0.25) is 0 Å². The molecule has 0 aromatic carbocycles. The molecule has 0 aliphatic heterocycles. The molecule has 2 N–H and O–H groups in total. The Kier molecular flexibility index (Phi) is 11.3. The van der Waals surface area contributed by atoms with Crippen LogP contribution in [0, 0.1) is 0 Å². The van der Waals surface area contributed by atoms with Gasteiger partial charge in [-0.25, -0.2) is 0 Å². The van der Waals surface area contributed by atoms with Crippen molar-refractivity contribution in [3.05, 3.63) is 0 Å². The van der Waals surface area contributed by atoms with E-state index in [1.165, 1.54) is 0 Å². The predicted molar refractivity (Wildman–Crippen MR) is 18.9 cm³/mol. The number of carbonyl (C=O) groups is 1. The molecule has 14 heavy (non-hydrogen) atoms. The maximum atomic E-state index is 9.53. The molecule has 0 bridgehead atoms. The van der Waals surface area contributed by atoms with Crippen LogP contribution < -0.4 is 34.7 Å². The molecule has 0 saturated carbocycles. The van der Waals surface area contributed by atoms with E-state index in [-0.39, 0.29) is 29.6 Å². The van der Waals surface area contributed by atoms with Gasteiger partial charge in [0.2, 0.25) is 0 Å². The van der Waals surface area contributed by atoms with Gasteiger partial charge >= 0.3 is 83.2 Å². The third kappa shape index (κ3) is 38.9.